The van der Waals surface area contributed by atoms with E-state index in [1.165, 1.54) is 5.57 Å². The third-order valence-electron chi connectivity index (χ3n) is 1.22. The van der Waals surface area contributed by atoms with Crippen molar-refractivity contribution in [3.63, 3.8) is 0 Å². The summed E-state index contributed by atoms with van der Waals surface area (Å²) in [5, 5.41) is 0. The van der Waals surface area contributed by atoms with Gasteiger partial charge in [-0.2, -0.15) is 0 Å². The molecule has 0 heterocycles. The molecule has 0 heteroatoms. The molecule has 0 rings (SSSR count). The second-order valence-corrected chi connectivity index (χ2v) is 2.06. The maximum absolute atomic E-state index is 3.66. The lowest BCUT2D eigenvalue weighted by Crippen LogP contribution is -1.72. The first kappa shape index (κ1) is 8.48. The van der Waals surface area contributed by atoms with Crippen LogP contribution in [-0.2, 0) is 0 Å². The molecule has 0 aromatic carbocycles. The van der Waals surface area contributed by atoms with Crippen LogP contribution >= 0.6 is 0 Å². The lowest BCUT2D eigenvalue weighted by Gasteiger charge is -1.92. The Labute approximate surface area is 58.3 Å². The first-order valence-electron chi connectivity index (χ1n) is 3.20. The van der Waals surface area contributed by atoms with E-state index in [1.807, 2.05) is 12.2 Å². The standard InChI is InChI=1S/C9H14/c1-4-6-7-8-9(3)5-2/h4-6H,1-2,7-8H2,3H3. The molecule has 0 aliphatic heterocycles. The molecule has 50 valence electrons. The Kier molecular flexibility index (Phi) is 5.29. The highest BCUT2D eigenvalue weighted by molar-refractivity contribution is 5.01. The van der Waals surface area contributed by atoms with Crippen LogP contribution < -0.4 is 0 Å². The van der Waals surface area contributed by atoms with Gasteiger partial charge >= 0.3 is 0 Å². The number of rotatable bonds is 3. The fourth-order valence-corrected chi connectivity index (χ4v) is 0.531. The van der Waals surface area contributed by atoms with Crippen molar-refractivity contribution in [3.05, 3.63) is 37.6 Å². The number of hydrogen-bond acceptors (Lipinski definition) is 0. The second kappa shape index (κ2) is 5.61. The summed E-state index contributed by atoms with van der Waals surface area (Å²) in [6.07, 6.45) is 7.98. The maximum atomic E-state index is 3.66. The molecule has 0 bridgehead atoms. The van der Waals surface area contributed by atoms with Gasteiger partial charge in [-0.15, -0.1) is 0 Å². The zero-order valence-corrected chi connectivity index (χ0v) is 6.06. The average Bonchev–Trinajstić information content (AvgIpc) is 1.89. The van der Waals surface area contributed by atoms with Crippen molar-refractivity contribution < 1.29 is 0 Å². The van der Waals surface area contributed by atoms with Gasteiger partial charge in [-0.05, 0) is 33.6 Å². The lowest BCUT2D eigenvalue weighted by atomic mass is 10.1. The molecule has 0 saturated carbocycles. The number of allylic oxidation sites excluding steroid dienone is 4. The van der Waals surface area contributed by atoms with Crippen LogP contribution in [0.2, 0.25) is 0 Å². The molecule has 0 aliphatic rings. The van der Waals surface area contributed by atoms with Gasteiger partial charge < -0.3 is 0 Å². The molecule has 9 heavy (non-hydrogen) atoms. The first-order chi connectivity index (χ1) is 4.31. The van der Waals surface area contributed by atoms with Crippen molar-refractivity contribution >= 4 is 0 Å². The smallest absolute Gasteiger partial charge is 0.0288 e. The summed E-state index contributed by atoms with van der Waals surface area (Å²) in [6.45, 7) is 9.34. The van der Waals surface area contributed by atoms with E-state index in [-0.39, 0.29) is 0 Å². The fourth-order valence-electron chi connectivity index (χ4n) is 0.531. The molecule has 0 N–H and O–H groups in total. The highest BCUT2D eigenvalue weighted by atomic mass is 13.9. The topological polar surface area (TPSA) is 0 Å². The fraction of sp³-hybridized carbons (Fsp3) is 0.333. The van der Waals surface area contributed by atoms with Gasteiger partial charge in [0.25, 0.3) is 0 Å². The third kappa shape index (κ3) is 5.35. The van der Waals surface area contributed by atoms with Gasteiger partial charge in [0, 0.05) is 0 Å². The summed E-state index contributed by atoms with van der Waals surface area (Å²) < 4.78 is 0. The van der Waals surface area contributed by atoms with Gasteiger partial charge in [0.1, 0.15) is 0 Å². The second-order valence-electron chi connectivity index (χ2n) is 2.06. The Hall–Kier alpha value is -0.520. The average molecular weight is 122 g/mol. The van der Waals surface area contributed by atoms with E-state index in [9.17, 15) is 0 Å². The molecule has 0 fully saturated rings. The van der Waals surface area contributed by atoms with Crippen molar-refractivity contribution in [1.29, 1.82) is 0 Å². The van der Waals surface area contributed by atoms with Crippen LogP contribution in [0.25, 0.3) is 0 Å². The van der Waals surface area contributed by atoms with Gasteiger partial charge in [-0.25, -0.2) is 0 Å². The van der Waals surface area contributed by atoms with E-state index < -0.39 is 0 Å². The Bertz CT molecular complexity index is 107. The minimum absolute atomic E-state index is 1.08. The summed E-state index contributed by atoms with van der Waals surface area (Å²) in [5.74, 6) is 0. The molecular formula is C9H14. The normalized spacial score (nSPS) is 13.0. The van der Waals surface area contributed by atoms with Crippen LogP contribution in [0.1, 0.15) is 19.8 Å². The van der Waals surface area contributed by atoms with E-state index in [1.54, 1.807) is 0 Å². The van der Waals surface area contributed by atoms with E-state index >= 15 is 0 Å². The van der Waals surface area contributed by atoms with E-state index in [2.05, 4.69) is 26.8 Å². The lowest BCUT2D eigenvalue weighted by molar-refractivity contribution is 0.978. The molecule has 0 spiro atoms. The molecule has 0 saturated heterocycles. The molecule has 0 aromatic rings. The molecule has 0 aliphatic carbocycles. The predicted molar refractivity (Wildman–Crippen MR) is 42.8 cm³/mol. The molecule has 0 unspecified atom stereocenters. The quantitative estimate of drug-likeness (QED) is 0.540. The SMILES string of the molecule is [CH2]C=CCCC(C)=C[CH2]. The van der Waals surface area contributed by atoms with Crippen LogP contribution in [0.3, 0.4) is 0 Å². The van der Waals surface area contributed by atoms with Crippen LogP contribution in [0, 0.1) is 13.8 Å². The summed E-state index contributed by atoms with van der Waals surface area (Å²) in [5.41, 5.74) is 1.34. The first-order valence-corrected chi connectivity index (χ1v) is 3.20. The molecule has 0 nitrogen and oxygen atoms in total. The third-order valence-corrected chi connectivity index (χ3v) is 1.22. The van der Waals surface area contributed by atoms with Gasteiger partial charge in [0.2, 0.25) is 0 Å². The molecular weight excluding hydrogens is 108 g/mol. The van der Waals surface area contributed by atoms with E-state index in [0.717, 1.165) is 12.8 Å². The summed E-state index contributed by atoms with van der Waals surface area (Å²) in [6, 6.07) is 0. The van der Waals surface area contributed by atoms with Crippen LogP contribution in [-0.4, -0.2) is 0 Å². The number of hydrogen-bond donors (Lipinski definition) is 0. The Morgan fingerprint density at radius 1 is 1.44 bits per heavy atom. The summed E-state index contributed by atoms with van der Waals surface area (Å²) in [7, 11) is 0. The molecule has 2 radical (unpaired) electrons. The highest BCUT2D eigenvalue weighted by Gasteiger charge is 1.82. The van der Waals surface area contributed by atoms with Crippen molar-refractivity contribution in [1.82, 2.24) is 0 Å². The monoisotopic (exact) mass is 122 g/mol. The van der Waals surface area contributed by atoms with Gasteiger partial charge in [-0.1, -0.05) is 23.8 Å². The zero-order valence-electron chi connectivity index (χ0n) is 6.06. The van der Waals surface area contributed by atoms with Crippen molar-refractivity contribution in [3.8, 4) is 0 Å². The minimum Gasteiger partial charge on any atom is -0.0882 e. The predicted octanol–water partition coefficient (Wildman–Crippen LogP) is 2.94. The van der Waals surface area contributed by atoms with Crippen molar-refractivity contribution in [2.75, 3.05) is 0 Å². The Morgan fingerprint density at radius 2 is 2.11 bits per heavy atom. The van der Waals surface area contributed by atoms with Crippen molar-refractivity contribution in [2.24, 2.45) is 0 Å². The minimum atomic E-state index is 1.08. The van der Waals surface area contributed by atoms with Crippen LogP contribution in [0.15, 0.2) is 23.8 Å². The Morgan fingerprint density at radius 3 is 2.56 bits per heavy atom. The van der Waals surface area contributed by atoms with Gasteiger partial charge in [-0.3, -0.25) is 0 Å². The van der Waals surface area contributed by atoms with Gasteiger partial charge in [0.05, 0.1) is 0 Å². The van der Waals surface area contributed by atoms with Crippen LogP contribution in [0.4, 0.5) is 0 Å². The van der Waals surface area contributed by atoms with Crippen LogP contribution in [0.5, 0.6) is 0 Å². The molecule has 0 aromatic heterocycles. The highest BCUT2D eigenvalue weighted by Crippen LogP contribution is 2.02. The summed E-state index contributed by atoms with van der Waals surface area (Å²) >= 11 is 0. The van der Waals surface area contributed by atoms with Crippen molar-refractivity contribution in [2.45, 2.75) is 19.8 Å². The van der Waals surface area contributed by atoms with E-state index in [0.29, 0.717) is 0 Å². The maximum Gasteiger partial charge on any atom is -0.0288 e. The van der Waals surface area contributed by atoms with E-state index in [4.69, 9.17) is 0 Å². The largest absolute Gasteiger partial charge is 0.0882 e. The zero-order chi connectivity index (χ0) is 7.11. The molecule has 0 amide bonds. The van der Waals surface area contributed by atoms with Gasteiger partial charge in [0.15, 0.2) is 0 Å². The Balaban J connectivity index is 3.28. The molecule has 0 atom stereocenters. The summed E-state index contributed by atoms with van der Waals surface area (Å²) in [4.78, 5) is 0.